The van der Waals surface area contributed by atoms with Crippen molar-refractivity contribution in [3.05, 3.63) is 17.9 Å². The first-order valence-electron chi connectivity index (χ1n) is 4.70. The molecule has 1 aromatic rings. The fraction of sp³-hybridized carbons (Fsp3) is 0.400. The molecule has 0 aliphatic heterocycles. The normalized spacial score (nSPS) is 10.9. The van der Waals surface area contributed by atoms with Gasteiger partial charge >= 0.3 is 6.61 Å². The molecule has 0 amide bonds. The van der Waals surface area contributed by atoms with Crippen molar-refractivity contribution in [1.82, 2.24) is 0 Å². The van der Waals surface area contributed by atoms with E-state index in [9.17, 15) is 13.2 Å². The topological polar surface area (TPSA) is 47.3 Å². The fourth-order valence-corrected chi connectivity index (χ4v) is 1.19. The number of ether oxygens (including phenoxy) is 1. The van der Waals surface area contributed by atoms with E-state index in [2.05, 4.69) is 10.1 Å². The Bertz CT molecular complexity index is 338. The summed E-state index contributed by atoms with van der Waals surface area (Å²) in [5, 5.41) is 2.90. The van der Waals surface area contributed by atoms with E-state index < -0.39 is 18.2 Å². The van der Waals surface area contributed by atoms with Crippen molar-refractivity contribution in [3.63, 3.8) is 0 Å². The molecule has 0 spiro atoms. The molecular weight excluding hydrogens is 221 g/mol. The van der Waals surface area contributed by atoms with Crippen molar-refractivity contribution >= 4 is 11.4 Å². The Kier molecular flexibility index (Phi) is 3.87. The third-order valence-electron chi connectivity index (χ3n) is 1.76. The monoisotopic (exact) mass is 234 g/mol. The summed E-state index contributed by atoms with van der Waals surface area (Å²) in [6, 6.07) is 2.12. The molecule has 0 atom stereocenters. The molecule has 0 fully saturated rings. The lowest BCUT2D eigenvalue weighted by atomic mass is 10.2. The summed E-state index contributed by atoms with van der Waals surface area (Å²) in [5.74, 6) is -1.43. The standard InChI is InChI=1S/C10H13F3N2O/c1-5(2)15-8-4-9(16-10(12)13)6(11)3-7(8)14/h3-5,10,15H,14H2,1-2H3. The Hall–Kier alpha value is -1.59. The van der Waals surface area contributed by atoms with Crippen LogP contribution in [0.4, 0.5) is 24.5 Å². The van der Waals surface area contributed by atoms with Gasteiger partial charge in [0.2, 0.25) is 0 Å². The van der Waals surface area contributed by atoms with Gasteiger partial charge in [-0.2, -0.15) is 8.78 Å². The van der Waals surface area contributed by atoms with Crippen LogP contribution in [0.15, 0.2) is 12.1 Å². The quantitative estimate of drug-likeness (QED) is 0.787. The smallest absolute Gasteiger partial charge is 0.387 e. The molecule has 0 saturated heterocycles. The van der Waals surface area contributed by atoms with Gasteiger partial charge < -0.3 is 15.8 Å². The summed E-state index contributed by atoms with van der Waals surface area (Å²) in [4.78, 5) is 0. The Morgan fingerprint density at radius 1 is 1.31 bits per heavy atom. The van der Waals surface area contributed by atoms with Gasteiger partial charge in [0.25, 0.3) is 0 Å². The Morgan fingerprint density at radius 3 is 2.44 bits per heavy atom. The average Bonchev–Trinajstić information content (AvgIpc) is 2.11. The summed E-state index contributed by atoms with van der Waals surface area (Å²) in [7, 11) is 0. The van der Waals surface area contributed by atoms with E-state index >= 15 is 0 Å². The zero-order valence-electron chi connectivity index (χ0n) is 8.93. The number of nitrogen functional groups attached to an aromatic ring is 1. The summed E-state index contributed by atoms with van der Waals surface area (Å²) in [5.41, 5.74) is 6.04. The number of hydrogen-bond acceptors (Lipinski definition) is 3. The molecule has 0 aliphatic rings. The first-order chi connectivity index (χ1) is 7.40. The van der Waals surface area contributed by atoms with Gasteiger partial charge in [-0.05, 0) is 13.8 Å². The third kappa shape index (κ3) is 3.22. The first-order valence-corrected chi connectivity index (χ1v) is 4.70. The highest BCUT2D eigenvalue weighted by atomic mass is 19.3. The number of nitrogens with one attached hydrogen (secondary N) is 1. The molecule has 3 N–H and O–H groups in total. The van der Waals surface area contributed by atoms with Crippen LogP contribution in [-0.2, 0) is 0 Å². The lowest BCUT2D eigenvalue weighted by molar-refractivity contribution is -0.0521. The molecule has 0 unspecified atom stereocenters. The Morgan fingerprint density at radius 2 is 1.94 bits per heavy atom. The Balaban J connectivity index is 3.01. The minimum Gasteiger partial charge on any atom is -0.432 e. The summed E-state index contributed by atoms with van der Waals surface area (Å²) in [6.45, 7) is 0.623. The van der Waals surface area contributed by atoms with Gasteiger partial charge in [-0.1, -0.05) is 0 Å². The lowest BCUT2D eigenvalue weighted by Gasteiger charge is -2.14. The highest BCUT2D eigenvalue weighted by Gasteiger charge is 2.13. The van der Waals surface area contributed by atoms with E-state index in [1.165, 1.54) is 0 Å². The van der Waals surface area contributed by atoms with Gasteiger partial charge in [0.1, 0.15) is 0 Å². The average molecular weight is 234 g/mol. The third-order valence-corrected chi connectivity index (χ3v) is 1.76. The molecule has 1 rings (SSSR count). The maximum atomic E-state index is 13.2. The maximum Gasteiger partial charge on any atom is 0.387 e. The molecule has 16 heavy (non-hydrogen) atoms. The van der Waals surface area contributed by atoms with Crippen molar-refractivity contribution in [2.24, 2.45) is 0 Å². The molecule has 3 nitrogen and oxygen atoms in total. The van der Waals surface area contributed by atoms with E-state index in [0.29, 0.717) is 5.69 Å². The molecule has 6 heteroatoms. The van der Waals surface area contributed by atoms with E-state index in [-0.39, 0.29) is 11.7 Å². The second kappa shape index (κ2) is 4.96. The van der Waals surface area contributed by atoms with Gasteiger partial charge in [-0.3, -0.25) is 0 Å². The number of alkyl halides is 2. The van der Waals surface area contributed by atoms with Crippen LogP contribution >= 0.6 is 0 Å². The number of halogens is 3. The van der Waals surface area contributed by atoms with Crippen LogP contribution in [0.2, 0.25) is 0 Å². The van der Waals surface area contributed by atoms with Crippen LogP contribution in [0.5, 0.6) is 5.75 Å². The van der Waals surface area contributed by atoms with E-state index in [0.717, 1.165) is 12.1 Å². The highest BCUT2D eigenvalue weighted by Crippen LogP contribution is 2.29. The van der Waals surface area contributed by atoms with E-state index in [1.54, 1.807) is 0 Å². The minimum absolute atomic E-state index is 0.0483. The minimum atomic E-state index is -3.06. The maximum absolute atomic E-state index is 13.2. The molecule has 0 aliphatic carbocycles. The predicted octanol–water partition coefficient (Wildman–Crippen LogP) is 2.83. The SMILES string of the molecule is CC(C)Nc1cc(OC(F)F)c(F)cc1N. The van der Waals surface area contributed by atoms with Crippen molar-refractivity contribution in [3.8, 4) is 5.75 Å². The highest BCUT2D eigenvalue weighted by molar-refractivity contribution is 5.68. The van der Waals surface area contributed by atoms with Crippen molar-refractivity contribution in [2.75, 3.05) is 11.1 Å². The Labute approximate surface area is 91.4 Å². The van der Waals surface area contributed by atoms with Gasteiger partial charge in [-0.25, -0.2) is 4.39 Å². The van der Waals surface area contributed by atoms with Gasteiger partial charge in [0.15, 0.2) is 11.6 Å². The summed E-state index contributed by atoms with van der Waals surface area (Å²) >= 11 is 0. The first kappa shape index (κ1) is 12.5. The zero-order chi connectivity index (χ0) is 12.3. The number of benzene rings is 1. The van der Waals surface area contributed by atoms with E-state index in [4.69, 9.17) is 5.73 Å². The predicted molar refractivity (Wildman–Crippen MR) is 56.2 cm³/mol. The second-order valence-electron chi connectivity index (χ2n) is 3.55. The van der Waals surface area contributed by atoms with Crippen LogP contribution in [0.3, 0.4) is 0 Å². The van der Waals surface area contributed by atoms with Crippen molar-refractivity contribution in [2.45, 2.75) is 26.5 Å². The molecule has 1 aromatic carbocycles. The fourth-order valence-electron chi connectivity index (χ4n) is 1.19. The lowest BCUT2D eigenvalue weighted by Crippen LogP contribution is -2.12. The second-order valence-corrected chi connectivity index (χ2v) is 3.55. The molecule has 0 saturated carbocycles. The number of rotatable bonds is 4. The molecular formula is C10H13F3N2O. The molecule has 90 valence electrons. The number of hydrogen-bond donors (Lipinski definition) is 2. The summed E-state index contributed by atoms with van der Waals surface area (Å²) in [6.07, 6.45) is 0. The van der Waals surface area contributed by atoms with Crippen molar-refractivity contribution in [1.29, 1.82) is 0 Å². The number of nitrogens with two attached hydrogens (primary N) is 1. The van der Waals surface area contributed by atoms with Crippen LogP contribution in [0.25, 0.3) is 0 Å². The molecule has 0 heterocycles. The molecule has 0 radical (unpaired) electrons. The molecule has 0 bridgehead atoms. The van der Waals surface area contributed by atoms with Gasteiger partial charge in [0.05, 0.1) is 11.4 Å². The summed E-state index contributed by atoms with van der Waals surface area (Å²) < 4.78 is 41.1. The number of anilines is 2. The van der Waals surface area contributed by atoms with Crippen LogP contribution in [0, 0.1) is 5.82 Å². The molecule has 0 aromatic heterocycles. The van der Waals surface area contributed by atoms with Crippen LogP contribution < -0.4 is 15.8 Å². The van der Waals surface area contributed by atoms with Gasteiger partial charge in [0, 0.05) is 18.2 Å². The van der Waals surface area contributed by atoms with Crippen molar-refractivity contribution < 1.29 is 17.9 Å². The van der Waals surface area contributed by atoms with E-state index in [1.807, 2.05) is 13.8 Å². The zero-order valence-corrected chi connectivity index (χ0v) is 8.93. The largest absolute Gasteiger partial charge is 0.432 e. The van der Waals surface area contributed by atoms with Gasteiger partial charge in [-0.15, -0.1) is 0 Å². The van der Waals surface area contributed by atoms with Crippen LogP contribution in [-0.4, -0.2) is 12.7 Å². The van der Waals surface area contributed by atoms with Crippen LogP contribution in [0.1, 0.15) is 13.8 Å².